The Balaban J connectivity index is 0. The SMILES string of the molecule is [Ni+2].[OH-].[OH-].[OH-].[OH-].[OH-].[PH6+3]. The zero-order valence-electron chi connectivity index (χ0n) is 2.55. The topological polar surface area (TPSA) is 150 Å². The van der Waals surface area contributed by atoms with Crippen LogP contribution in [0.3, 0.4) is 0 Å². The van der Waals surface area contributed by atoms with Gasteiger partial charge in [0, 0.05) is 0 Å². The van der Waals surface area contributed by atoms with Gasteiger partial charge >= 0.3 is 16.5 Å². The van der Waals surface area contributed by atoms with Crippen molar-refractivity contribution in [1.82, 2.24) is 0 Å². The van der Waals surface area contributed by atoms with Crippen molar-refractivity contribution < 1.29 is 43.9 Å². The Hall–Kier alpha value is 0.724. The maximum Gasteiger partial charge on any atom is 2.00 e. The number of rotatable bonds is 0. The van der Waals surface area contributed by atoms with Gasteiger partial charge in [0.2, 0.25) is 0 Å². The molecule has 0 aliphatic carbocycles. The molecule has 0 aliphatic heterocycles. The molecule has 0 amide bonds. The van der Waals surface area contributed by atoms with Crippen LogP contribution in [0.25, 0.3) is 0 Å². The van der Waals surface area contributed by atoms with Crippen LogP contribution in [0.1, 0.15) is 0 Å². The van der Waals surface area contributed by atoms with E-state index in [4.69, 9.17) is 0 Å². The van der Waals surface area contributed by atoms with Gasteiger partial charge in [-0.05, 0) is 0 Å². The molecule has 5 N–H and O–H groups in total. The van der Waals surface area contributed by atoms with Gasteiger partial charge in [0.05, 0.1) is 0 Å². The average molecular weight is 181 g/mol. The number of hydrogen-bond donors (Lipinski definition) is 0. The van der Waals surface area contributed by atoms with Crippen molar-refractivity contribution >= 4 is 9.90 Å². The summed E-state index contributed by atoms with van der Waals surface area (Å²) in [7, 11) is 0. The minimum absolute atomic E-state index is 0. The molecule has 0 bridgehead atoms. The van der Waals surface area contributed by atoms with Gasteiger partial charge in [-0.3, -0.25) is 9.90 Å². The largest absolute Gasteiger partial charge is 2.00 e. The summed E-state index contributed by atoms with van der Waals surface area (Å²) in [5.41, 5.74) is 0. The summed E-state index contributed by atoms with van der Waals surface area (Å²) in [4.78, 5) is 0. The van der Waals surface area contributed by atoms with E-state index < -0.39 is 0 Å². The summed E-state index contributed by atoms with van der Waals surface area (Å²) in [5, 5.41) is 0. The van der Waals surface area contributed by atoms with Crippen LogP contribution < -0.4 is 0 Å². The van der Waals surface area contributed by atoms with Gasteiger partial charge in [-0.25, -0.2) is 0 Å². The van der Waals surface area contributed by atoms with Gasteiger partial charge in [-0.1, -0.05) is 0 Å². The van der Waals surface area contributed by atoms with Crippen LogP contribution in [-0.4, -0.2) is 27.4 Å². The van der Waals surface area contributed by atoms with Crippen LogP contribution in [0, 0.1) is 0 Å². The van der Waals surface area contributed by atoms with E-state index in [1.165, 1.54) is 0 Å². The van der Waals surface area contributed by atoms with Gasteiger partial charge in [0.15, 0.2) is 0 Å². The van der Waals surface area contributed by atoms with E-state index in [-0.39, 0.29) is 53.8 Å². The second kappa shape index (κ2) is 421. The van der Waals surface area contributed by atoms with Crippen molar-refractivity contribution in [3.8, 4) is 0 Å². The Morgan fingerprint density at radius 1 is 0.429 bits per heavy atom. The van der Waals surface area contributed by atoms with Crippen LogP contribution in [0.2, 0.25) is 0 Å². The molecule has 56 valence electrons. The molecule has 0 aromatic carbocycles. The molecular formula is H11NiO5P. The molecule has 0 saturated carbocycles. The van der Waals surface area contributed by atoms with Crippen molar-refractivity contribution in [1.29, 1.82) is 0 Å². The first-order chi connectivity index (χ1) is 0. The summed E-state index contributed by atoms with van der Waals surface area (Å²) in [6.07, 6.45) is 0. The van der Waals surface area contributed by atoms with Crippen molar-refractivity contribution in [3.05, 3.63) is 0 Å². The summed E-state index contributed by atoms with van der Waals surface area (Å²) in [6, 6.07) is 0. The molecule has 0 spiro atoms. The maximum atomic E-state index is 0. The molecule has 0 atom stereocenters. The van der Waals surface area contributed by atoms with Crippen LogP contribution in [0.4, 0.5) is 0 Å². The standard InChI is InChI=1S/Ni.5H2O.H6P/h;5*1H2;1H6/q+2;;;;;;+3/p-5. The van der Waals surface area contributed by atoms with Crippen molar-refractivity contribution in [2.75, 3.05) is 0 Å². The van der Waals surface area contributed by atoms with E-state index >= 15 is 0 Å². The molecule has 0 aliphatic rings. The fraction of sp³-hybridized carbons (Fsp3) is 0. The third-order valence-electron chi connectivity index (χ3n) is 0. The smallest absolute Gasteiger partial charge is 0.870 e. The quantitative estimate of drug-likeness (QED) is 0.324. The van der Waals surface area contributed by atoms with Gasteiger partial charge in [-0.15, -0.1) is 0 Å². The summed E-state index contributed by atoms with van der Waals surface area (Å²) in [5.74, 6) is 0. The average Bonchev–Trinajstić information content (AvgIpc) is 0. The Bertz CT molecular complexity index is 8.04. The first kappa shape index (κ1) is 667. The summed E-state index contributed by atoms with van der Waals surface area (Å²) < 4.78 is 0. The molecule has 0 aromatic rings. The van der Waals surface area contributed by atoms with Gasteiger partial charge < -0.3 is 27.4 Å². The van der Waals surface area contributed by atoms with Crippen LogP contribution in [-0.2, 0) is 16.5 Å². The number of hydrogen-bond acceptors (Lipinski definition) is 5. The minimum atomic E-state index is 0. The monoisotopic (exact) mass is 180 g/mol. The molecule has 0 radical (unpaired) electrons. The van der Waals surface area contributed by atoms with E-state index in [0.29, 0.717) is 0 Å². The van der Waals surface area contributed by atoms with Gasteiger partial charge in [0.25, 0.3) is 0 Å². The van der Waals surface area contributed by atoms with Crippen molar-refractivity contribution in [2.24, 2.45) is 0 Å². The maximum absolute atomic E-state index is 0. The molecule has 5 nitrogen and oxygen atoms in total. The zero-order valence-corrected chi connectivity index (χ0v) is 3.54. The molecule has 0 aromatic heterocycles. The summed E-state index contributed by atoms with van der Waals surface area (Å²) >= 11 is 0. The molecule has 7 heteroatoms. The molecule has 0 fully saturated rings. The molecule has 0 unspecified atom stereocenters. The van der Waals surface area contributed by atoms with E-state index in [0.717, 1.165) is 0 Å². The van der Waals surface area contributed by atoms with E-state index in [9.17, 15) is 0 Å². The van der Waals surface area contributed by atoms with E-state index in [1.807, 2.05) is 0 Å². The molecule has 7 heavy (non-hydrogen) atoms. The van der Waals surface area contributed by atoms with Crippen LogP contribution >= 0.6 is 9.90 Å². The van der Waals surface area contributed by atoms with E-state index in [2.05, 4.69) is 0 Å². The molecule has 0 heterocycles. The third kappa shape index (κ3) is 287. The van der Waals surface area contributed by atoms with Crippen LogP contribution in [0.5, 0.6) is 0 Å². The predicted octanol–water partition coefficient (Wildman–Crippen LogP) is -1.63. The zero-order chi connectivity index (χ0) is 0. The fourth-order valence-corrected chi connectivity index (χ4v) is 0. The molecule has 0 saturated heterocycles. The minimum Gasteiger partial charge on any atom is -0.870 e. The van der Waals surface area contributed by atoms with Crippen molar-refractivity contribution in [2.45, 2.75) is 0 Å². The molecule has 0 rings (SSSR count). The fourth-order valence-electron chi connectivity index (χ4n) is 0. The van der Waals surface area contributed by atoms with Crippen LogP contribution in [0.15, 0.2) is 0 Å². The van der Waals surface area contributed by atoms with Gasteiger partial charge in [0.1, 0.15) is 0 Å². The van der Waals surface area contributed by atoms with E-state index in [1.54, 1.807) is 0 Å². The summed E-state index contributed by atoms with van der Waals surface area (Å²) in [6.45, 7) is 0. The first-order valence-electron chi connectivity index (χ1n) is 0. The Morgan fingerprint density at radius 2 is 0.429 bits per heavy atom. The Kier molecular flexibility index (Phi) is 40100. The first-order valence-corrected chi connectivity index (χ1v) is 0. The Morgan fingerprint density at radius 3 is 0.429 bits per heavy atom. The second-order valence-electron chi connectivity index (χ2n) is 0. The second-order valence-corrected chi connectivity index (χ2v) is 0. The third-order valence-corrected chi connectivity index (χ3v) is 0. The van der Waals surface area contributed by atoms with Gasteiger partial charge in [-0.2, -0.15) is 0 Å². The predicted molar refractivity (Wildman–Crippen MR) is 25.0 cm³/mol. The normalized spacial score (nSPS) is 0. The Labute approximate surface area is 54.6 Å². The molecular weight excluding hydrogens is 170 g/mol. The van der Waals surface area contributed by atoms with Crippen molar-refractivity contribution in [3.63, 3.8) is 0 Å².